The SMILES string of the molecule is CC(C)(C)CC(N)CC(=O)Nc1ccc(Br)c(C(=O)O)c1. The monoisotopic (exact) mass is 356 g/mol. The number of benzene rings is 1. The van der Waals surface area contributed by atoms with Gasteiger partial charge in [0, 0.05) is 22.6 Å². The molecule has 0 radical (unpaired) electrons. The fourth-order valence-corrected chi connectivity index (χ4v) is 2.49. The Bertz CT molecular complexity index is 538. The van der Waals surface area contributed by atoms with E-state index in [1.54, 1.807) is 12.1 Å². The average molecular weight is 357 g/mol. The molecule has 0 aromatic heterocycles. The summed E-state index contributed by atoms with van der Waals surface area (Å²) in [5.41, 5.74) is 6.57. The second kappa shape index (κ2) is 7.04. The Morgan fingerprint density at radius 3 is 2.52 bits per heavy atom. The number of nitrogens with one attached hydrogen (secondary N) is 1. The topological polar surface area (TPSA) is 92.4 Å². The highest BCUT2D eigenvalue weighted by atomic mass is 79.9. The lowest BCUT2D eigenvalue weighted by molar-refractivity contribution is -0.116. The van der Waals surface area contributed by atoms with E-state index in [9.17, 15) is 9.59 Å². The summed E-state index contributed by atoms with van der Waals surface area (Å²) in [4.78, 5) is 23.0. The number of rotatable bonds is 5. The van der Waals surface area contributed by atoms with Gasteiger partial charge in [-0.3, -0.25) is 4.79 Å². The van der Waals surface area contributed by atoms with Crippen LogP contribution in [-0.2, 0) is 4.79 Å². The van der Waals surface area contributed by atoms with Crippen molar-refractivity contribution < 1.29 is 14.7 Å². The van der Waals surface area contributed by atoms with E-state index in [4.69, 9.17) is 10.8 Å². The second-order valence-corrected chi connectivity index (χ2v) is 7.13. The first-order valence-electron chi connectivity index (χ1n) is 6.67. The van der Waals surface area contributed by atoms with Crippen LogP contribution in [0, 0.1) is 5.41 Å². The van der Waals surface area contributed by atoms with Crippen LogP contribution >= 0.6 is 15.9 Å². The van der Waals surface area contributed by atoms with E-state index >= 15 is 0 Å². The number of anilines is 1. The van der Waals surface area contributed by atoms with Crippen molar-refractivity contribution in [3.63, 3.8) is 0 Å². The predicted octanol–water partition coefficient (Wildman–Crippen LogP) is 3.24. The van der Waals surface area contributed by atoms with Gasteiger partial charge in [0.2, 0.25) is 5.91 Å². The van der Waals surface area contributed by atoms with Crippen LogP contribution in [-0.4, -0.2) is 23.0 Å². The number of hydrogen-bond donors (Lipinski definition) is 3. The third kappa shape index (κ3) is 6.27. The molecule has 0 saturated carbocycles. The van der Waals surface area contributed by atoms with Crippen molar-refractivity contribution in [3.8, 4) is 0 Å². The Balaban J connectivity index is 2.67. The van der Waals surface area contributed by atoms with Gasteiger partial charge in [-0.2, -0.15) is 0 Å². The van der Waals surface area contributed by atoms with Crippen LogP contribution in [0.2, 0.25) is 0 Å². The van der Waals surface area contributed by atoms with Gasteiger partial charge in [-0.1, -0.05) is 20.8 Å². The van der Waals surface area contributed by atoms with Crippen LogP contribution < -0.4 is 11.1 Å². The summed E-state index contributed by atoms with van der Waals surface area (Å²) in [6.07, 6.45) is 0.941. The molecule has 4 N–H and O–H groups in total. The minimum atomic E-state index is -1.05. The summed E-state index contributed by atoms with van der Waals surface area (Å²) < 4.78 is 0.470. The molecule has 6 heteroatoms. The number of carbonyl (C=O) groups excluding carboxylic acids is 1. The van der Waals surface area contributed by atoms with Gasteiger partial charge in [-0.05, 0) is 46.0 Å². The molecule has 0 aliphatic rings. The zero-order valence-corrected chi connectivity index (χ0v) is 14.0. The van der Waals surface area contributed by atoms with Crippen LogP contribution in [0.5, 0.6) is 0 Å². The maximum absolute atomic E-state index is 11.9. The second-order valence-electron chi connectivity index (χ2n) is 6.28. The molecule has 1 aromatic carbocycles. The lowest BCUT2D eigenvalue weighted by atomic mass is 9.87. The van der Waals surface area contributed by atoms with Crippen LogP contribution in [0.3, 0.4) is 0 Å². The zero-order valence-electron chi connectivity index (χ0n) is 12.4. The third-order valence-corrected chi connectivity index (χ3v) is 3.49. The van der Waals surface area contributed by atoms with E-state index < -0.39 is 5.97 Å². The molecule has 1 amide bonds. The first-order valence-corrected chi connectivity index (χ1v) is 7.46. The molecular weight excluding hydrogens is 336 g/mol. The van der Waals surface area contributed by atoms with Crippen molar-refractivity contribution in [2.75, 3.05) is 5.32 Å². The summed E-state index contributed by atoms with van der Waals surface area (Å²) in [5.74, 6) is -1.27. The number of carbonyl (C=O) groups is 2. The van der Waals surface area contributed by atoms with Crippen LogP contribution in [0.4, 0.5) is 5.69 Å². The summed E-state index contributed by atoms with van der Waals surface area (Å²) in [5, 5.41) is 11.7. The number of nitrogens with two attached hydrogens (primary N) is 1. The van der Waals surface area contributed by atoms with Crippen LogP contribution in [0.25, 0.3) is 0 Å². The summed E-state index contributed by atoms with van der Waals surface area (Å²) >= 11 is 3.16. The number of hydrogen-bond acceptors (Lipinski definition) is 3. The molecule has 0 spiro atoms. The highest BCUT2D eigenvalue weighted by Gasteiger charge is 2.18. The molecule has 0 fully saturated rings. The summed E-state index contributed by atoms with van der Waals surface area (Å²) in [6, 6.07) is 4.43. The van der Waals surface area contributed by atoms with E-state index in [1.807, 2.05) is 0 Å². The number of carboxylic acid groups (broad SMARTS) is 1. The number of aromatic carboxylic acids is 1. The minimum Gasteiger partial charge on any atom is -0.478 e. The lowest BCUT2D eigenvalue weighted by Crippen LogP contribution is -2.31. The Hall–Kier alpha value is -1.40. The molecule has 1 aromatic rings. The van der Waals surface area contributed by atoms with Crippen molar-refractivity contribution in [2.24, 2.45) is 11.1 Å². The fourth-order valence-electron chi connectivity index (χ4n) is 2.08. The molecule has 0 heterocycles. The highest BCUT2D eigenvalue weighted by molar-refractivity contribution is 9.10. The predicted molar refractivity (Wildman–Crippen MR) is 86.4 cm³/mol. The molecular formula is C15H21BrN2O3. The van der Waals surface area contributed by atoms with Crippen LogP contribution in [0.15, 0.2) is 22.7 Å². The molecule has 5 nitrogen and oxygen atoms in total. The van der Waals surface area contributed by atoms with E-state index in [-0.39, 0.29) is 29.3 Å². The molecule has 116 valence electrons. The molecule has 1 rings (SSSR count). The van der Waals surface area contributed by atoms with Crippen molar-refractivity contribution >= 4 is 33.5 Å². The highest BCUT2D eigenvalue weighted by Crippen LogP contribution is 2.23. The lowest BCUT2D eigenvalue weighted by Gasteiger charge is -2.22. The van der Waals surface area contributed by atoms with Gasteiger partial charge >= 0.3 is 5.97 Å². The Labute approximate surface area is 133 Å². The van der Waals surface area contributed by atoms with E-state index in [0.717, 1.165) is 6.42 Å². The number of carboxylic acids is 1. The standard InChI is InChI=1S/C15H21BrN2O3/c1-15(2,3)8-9(17)6-13(19)18-10-4-5-12(16)11(7-10)14(20)21/h4-5,7,9H,6,8,17H2,1-3H3,(H,18,19)(H,20,21). The first kappa shape index (κ1) is 17.7. The Morgan fingerprint density at radius 1 is 1.38 bits per heavy atom. The fraction of sp³-hybridized carbons (Fsp3) is 0.467. The largest absolute Gasteiger partial charge is 0.478 e. The molecule has 1 atom stereocenters. The Morgan fingerprint density at radius 2 is 2.00 bits per heavy atom. The maximum atomic E-state index is 11.9. The molecule has 0 saturated heterocycles. The van der Waals surface area contributed by atoms with Gasteiger partial charge in [0.05, 0.1) is 5.56 Å². The zero-order chi connectivity index (χ0) is 16.2. The number of amides is 1. The van der Waals surface area contributed by atoms with Crippen molar-refractivity contribution in [3.05, 3.63) is 28.2 Å². The third-order valence-electron chi connectivity index (χ3n) is 2.80. The molecule has 0 aliphatic carbocycles. The van der Waals surface area contributed by atoms with Gasteiger partial charge in [0.1, 0.15) is 0 Å². The van der Waals surface area contributed by atoms with Gasteiger partial charge in [-0.25, -0.2) is 4.79 Å². The smallest absolute Gasteiger partial charge is 0.336 e. The van der Waals surface area contributed by atoms with Crippen molar-refractivity contribution in [1.29, 1.82) is 0 Å². The summed E-state index contributed by atoms with van der Waals surface area (Å²) in [6.45, 7) is 6.20. The number of halogens is 1. The van der Waals surface area contributed by atoms with Crippen molar-refractivity contribution in [2.45, 2.75) is 39.7 Å². The molecule has 0 aliphatic heterocycles. The molecule has 21 heavy (non-hydrogen) atoms. The van der Waals surface area contributed by atoms with E-state index in [2.05, 4.69) is 42.0 Å². The van der Waals surface area contributed by atoms with E-state index in [0.29, 0.717) is 10.2 Å². The van der Waals surface area contributed by atoms with Gasteiger partial charge in [0.15, 0.2) is 0 Å². The first-order chi connectivity index (χ1) is 9.58. The normalized spacial score (nSPS) is 12.8. The van der Waals surface area contributed by atoms with Gasteiger partial charge < -0.3 is 16.2 Å². The van der Waals surface area contributed by atoms with Gasteiger partial charge in [-0.15, -0.1) is 0 Å². The maximum Gasteiger partial charge on any atom is 0.336 e. The minimum absolute atomic E-state index is 0.0633. The molecule has 0 bridgehead atoms. The van der Waals surface area contributed by atoms with Crippen molar-refractivity contribution in [1.82, 2.24) is 0 Å². The molecule has 1 unspecified atom stereocenters. The summed E-state index contributed by atoms with van der Waals surface area (Å²) in [7, 11) is 0. The van der Waals surface area contributed by atoms with Crippen LogP contribution in [0.1, 0.15) is 44.0 Å². The Kier molecular flexibility index (Phi) is 5.92. The quantitative estimate of drug-likeness (QED) is 0.754. The van der Waals surface area contributed by atoms with Gasteiger partial charge in [0.25, 0.3) is 0 Å². The van der Waals surface area contributed by atoms with E-state index in [1.165, 1.54) is 6.07 Å². The average Bonchev–Trinajstić information content (AvgIpc) is 2.28.